The highest BCUT2D eigenvalue weighted by Crippen LogP contribution is 2.30. The van der Waals surface area contributed by atoms with Crippen molar-refractivity contribution in [3.63, 3.8) is 0 Å². The van der Waals surface area contributed by atoms with E-state index in [1.807, 2.05) is 18.2 Å². The molecule has 0 saturated carbocycles. The minimum Gasteiger partial charge on any atom is -0.493 e. The Hall–Kier alpha value is -1.86. The van der Waals surface area contributed by atoms with Crippen molar-refractivity contribution in [1.29, 1.82) is 0 Å². The van der Waals surface area contributed by atoms with Crippen molar-refractivity contribution in [2.75, 3.05) is 33.4 Å². The minimum atomic E-state index is -0.393. The summed E-state index contributed by atoms with van der Waals surface area (Å²) in [4.78, 5) is 0. The zero-order valence-electron chi connectivity index (χ0n) is 15.4. The van der Waals surface area contributed by atoms with Crippen LogP contribution in [0.25, 0.3) is 0 Å². The van der Waals surface area contributed by atoms with Crippen LogP contribution in [0.15, 0.2) is 36.4 Å². The molecule has 27 heavy (non-hydrogen) atoms. The highest BCUT2D eigenvalue weighted by molar-refractivity contribution is 6.31. The van der Waals surface area contributed by atoms with Gasteiger partial charge in [-0.15, -0.1) is 0 Å². The van der Waals surface area contributed by atoms with Gasteiger partial charge in [-0.25, -0.2) is 4.39 Å². The zero-order chi connectivity index (χ0) is 19.5. The predicted octanol–water partition coefficient (Wildman–Crippen LogP) is 3.13. The molecule has 3 N–H and O–H groups in total. The van der Waals surface area contributed by atoms with Gasteiger partial charge in [0.15, 0.2) is 11.5 Å². The molecule has 0 unspecified atom stereocenters. The summed E-state index contributed by atoms with van der Waals surface area (Å²) in [5.41, 5.74) is 1.38. The molecular formula is C20H26ClFN2O3. The zero-order valence-corrected chi connectivity index (χ0v) is 16.2. The van der Waals surface area contributed by atoms with Crippen molar-refractivity contribution >= 4 is 11.6 Å². The second-order valence-corrected chi connectivity index (χ2v) is 6.39. The molecule has 0 spiro atoms. The lowest BCUT2D eigenvalue weighted by Gasteiger charge is -2.14. The SMILES string of the molecule is COc1cc(CNCCCNCCO)ccc1OCc1c(F)cccc1Cl. The molecule has 0 atom stereocenters. The Morgan fingerprint density at radius 2 is 1.89 bits per heavy atom. The van der Waals surface area contributed by atoms with E-state index in [0.717, 1.165) is 25.1 Å². The maximum atomic E-state index is 13.8. The Kier molecular flexibility index (Phi) is 9.35. The van der Waals surface area contributed by atoms with Crippen molar-refractivity contribution in [3.05, 3.63) is 58.4 Å². The van der Waals surface area contributed by atoms with E-state index in [-0.39, 0.29) is 13.2 Å². The van der Waals surface area contributed by atoms with E-state index in [1.165, 1.54) is 6.07 Å². The summed E-state index contributed by atoms with van der Waals surface area (Å²) in [5.74, 6) is 0.732. The highest BCUT2D eigenvalue weighted by atomic mass is 35.5. The summed E-state index contributed by atoms with van der Waals surface area (Å²) < 4.78 is 25.0. The summed E-state index contributed by atoms with van der Waals surface area (Å²) in [5, 5.41) is 15.5. The van der Waals surface area contributed by atoms with Gasteiger partial charge in [-0.2, -0.15) is 0 Å². The molecule has 0 aliphatic heterocycles. The smallest absolute Gasteiger partial charge is 0.161 e. The van der Waals surface area contributed by atoms with Gasteiger partial charge in [0.25, 0.3) is 0 Å². The molecule has 5 nitrogen and oxygen atoms in total. The van der Waals surface area contributed by atoms with E-state index in [0.29, 0.717) is 35.2 Å². The van der Waals surface area contributed by atoms with E-state index in [4.69, 9.17) is 26.2 Å². The van der Waals surface area contributed by atoms with Crippen LogP contribution in [0.5, 0.6) is 11.5 Å². The van der Waals surface area contributed by atoms with Gasteiger partial charge in [0, 0.05) is 18.7 Å². The molecule has 2 aromatic rings. The topological polar surface area (TPSA) is 62.8 Å². The lowest BCUT2D eigenvalue weighted by Crippen LogP contribution is -2.23. The maximum absolute atomic E-state index is 13.8. The van der Waals surface area contributed by atoms with E-state index in [9.17, 15) is 4.39 Å². The Morgan fingerprint density at radius 3 is 2.63 bits per heavy atom. The molecular weight excluding hydrogens is 371 g/mol. The third-order valence-corrected chi connectivity index (χ3v) is 4.34. The average molecular weight is 397 g/mol. The molecule has 148 valence electrons. The number of rotatable bonds is 12. The Bertz CT molecular complexity index is 695. The molecule has 0 amide bonds. The van der Waals surface area contributed by atoms with Crippen molar-refractivity contribution in [1.82, 2.24) is 10.6 Å². The summed E-state index contributed by atoms with van der Waals surface area (Å²) in [7, 11) is 1.57. The van der Waals surface area contributed by atoms with E-state index < -0.39 is 5.82 Å². The van der Waals surface area contributed by atoms with Gasteiger partial charge in [0.05, 0.1) is 18.7 Å². The van der Waals surface area contributed by atoms with Gasteiger partial charge in [-0.1, -0.05) is 23.7 Å². The van der Waals surface area contributed by atoms with Crippen LogP contribution < -0.4 is 20.1 Å². The van der Waals surface area contributed by atoms with Crippen LogP contribution in [0, 0.1) is 5.82 Å². The van der Waals surface area contributed by atoms with Gasteiger partial charge >= 0.3 is 0 Å². The van der Waals surface area contributed by atoms with Crippen molar-refractivity contribution in [2.24, 2.45) is 0 Å². The normalized spacial score (nSPS) is 10.8. The van der Waals surface area contributed by atoms with Crippen LogP contribution in [-0.4, -0.2) is 38.5 Å². The van der Waals surface area contributed by atoms with Crippen molar-refractivity contribution < 1.29 is 19.0 Å². The molecule has 0 aliphatic rings. The van der Waals surface area contributed by atoms with E-state index >= 15 is 0 Å². The molecule has 0 radical (unpaired) electrons. The fraction of sp³-hybridized carbons (Fsp3) is 0.400. The number of hydrogen-bond donors (Lipinski definition) is 3. The summed E-state index contributed by atoms with van der Waals surface area (Å²) in [6.07, 6.45) is 0.974. The first-order chi connectivity index (χ1) is 13.2. The van der Waals surface area contributed by atoms with Crippen LogP contribution in [0.2, 0.25) is 5.02 Å². The fourth-order valence-electron chi connectivity index (χ4n) is 2.54. The van der Waals surface area contributed by atoms with Gasteiger partial charge in [-0.05, 0) is 49.3 Å². The standard InChI is InChI=1S/C20H26ClFN2O3/c1-26-20-12-15(13-24-9-3-8-23-10-11-25)6-7-19(20)27-14-16-17(21)4-2-5-18(16)22/h2,4-7,12,23-25H,3,8-11,13-14H2,1H3. The summed E-state index contributed by atoms with van der Waals surface area (Å²) in [6, 6.07) is 10.2. The van der Waals surface area contributed by atoms with E-state index in [2.05, 4.69) is 10.6 Å². The number of ether oxygens (including phenoxy) is 2. The monoisotopic (exact) mass is 396 g/mol. The average Bonchev–Trinajstić information content (AvgIpc) is 2.67. The summed E-state index contributed by atoms with van der Waals surface area (Å²) >= 11 is 6.03. The van der Waals surface area contributed by atoms with Crippen molar-refractivity contribution in [3.8, 4) is 11.5 Å². The van der Waals surface area contributed by atoms with Gasteiger partial charge in [0.2, 0.25) is 0 Å². The number of aliphatic hydroxyl groups is 1. The number of nitrogens with one attached hydrogen (secondary N) is 2. The largest absolute Gasteiger partial charge is 0.493 e. The first-order valence-electron chi connectivity index (χ1n) is 8.90. The van der Waals surface area contributed by atoms with E-state index in [1.54, 1.807) is 19.2 Å². The first kappa shape index (κ1) is 21.4. The lowest BCUT2D eigenvalue weighted by molar-refractivity contribution is 0.279. The highest BCUT2D eigenvalue weighted by Gasteiger charge is 2.11. The van der Waals surface area contributed by atoms with Gasteiger partial charge < -0.3 is 25.2 Å². The van der Waals surface area contributed by atoms with Crippen LogP contribution in [0.1, 0.15) is 17.5 Å². The third-order valence-electron chi connectivity index (χ3n) is 3.99. The number of hydrogen-bond acceptors (Lipinski definition) is 5. The number of aliphatic hydroxyl groups excluding tert-OH is 1. The maximum Gasteiger partial charge on any atom is 0.161 e. The Morgan fingerprint density at radius 1 is 1.07 bits per heavy atom. The van der Waals surface area contributed by atoms with Gasteiger partial charge in [0.1, 0.15) is 12.4 Å². The van der Waals surface area contributed by atoms with Crippen LogP contribution in [0.3, 0.4) is 0 Å². The molecule has 0 fully saturated rings. The third kappa shape index (κ3) is 6.99. The molecule has 0 aliphatic carbocycles. The minimum absolute atomic E-state index is 0.0281. The molecule has 0 saturated heterocycles. The lowest BCUT2D eigenvalue weighted by atomic mass is 10.2. The van der Waals surface area contributed by atoms with Crippen LogP contribution in [0.4, 0.5) is 4.39 Å². The predicted molar refractivity (Wildman–Crippen MR) is 105 cm³/mol. The van der Waals surface area contributed by atoms with Crippen molar-refractivity contribution in [2.45, 2.75) is 19.6 Å². The second kappa shape index (κ2) is 11.8. The molecule has 2 rings (SSSR count). The molecule has 7 heteroatoms. The molecule has 0 bridgehead atoms. The second-order valence-electron chi connectivity index (χ2n) is 5.98. The number of halogens is 2. The fourth-order valence-corrected chi connectivity index (χ4v) is 2.75. The quantitative estimate of drug-likeness (QED) is 0.481. The molecule has 2 aromatic carbocycles. The Labute approximate surface area is 164 Å². The Balaban J connectivity index is 1.86. The molecule has 0 heterocycles. The number of methoxy groups -OCH3 is 1. The van der Waals surface area contributed by atoms with Crippen LogP contribution in [-0.2, 0) is 13.2 Å². The van der Waals surface area contributed by atoms with Crippen LogP contribution >= 0.6 is 11.6 Å². The molecule has 0 aromatic heterocycles. The first-order valence-corrected chi connectivity index (χ1v) is 9.28. The summed E-state index contributed by atoms with van der Waals surface area (Å²) in [6.45, 7) is 3.24. The number of benzene rings is 2. The van der Waals surface area contributed by atoms with Gasteiger partial charge in [-0.3, -0.25) is 0 Å².